The molecule has 0 unspecified atom stereocenters. The van der Waals surface area contributed by atoms with Crippen molar-refractivity contribution in [2.24, 2.45) is 0 Å². The highest BCUT2D eigenvalue weighted by atomic mass is 16.6. The minimum Gasteiger partial charge on any atom is -0.326 e. The van der Waals surface area contributed by atoms with Gasteiger partial charge in [-0.3, -0.25) is 14.9 Å². The number of benzene rings is 2. The van der Waals surface area contributed by atoms with Crippen molar-refractivity contribution in [3.8, 4) is 0 Å². The van der Waals surface area contributed by atoms with Crippen LogP contribution >= 0.6 is 0 Å². The summed E-state index contributed by atoms with van der Waals surface area (Å²) in [7, 11) is 0. The molecule has 2 rings (SSSR count). The molecule has 0 saturated heterocycles. The van der Waals surface area contributed by atoms with Gasteiger partial charge in [0.2, 0.25) is 5.91 Å². The maximum Gasteiger partial charge on any atom is 0.269 e. The number of nitrogens with one attached hydrogen (secondary N) is 1. The fraction of sp³-hybridized carbons (Fsp3) is 0.235. The summed E-state index contributed by atoms with van der Waals surface area (Å²) in [5, 5.41) is 13.5. The molecule has 0 aromatic heterocycles. The lowest BCUT2D eigenvalue weighted by Gasteiger charge is -2.13. The average molecular weight is 298 g/mol. The van der Waals surface area contributed by atoms with Gasteiger partial charge in [-0.25, -0.2) is 0 Å². The van der Waals surface area contributed by atoms with Gasteiger partial charge in [-0.05, 0) is 30.0 Å². The molecule has 0 spiro atoms. The zero-order valence-corrected chi connectivity index (χ0v) is 12.6. The van der Waals surface area contributed by atoms with E-state index < -0.39 is 4.92 Å². The molecule has 0 radical (unpaired) electrons. The Morgan fingerprint density at radius 3 is 2.50 bits per heavy atom. The lowest BCUT2D eigenvalue weighted by molar-refractivity contribution is -0.384. The molecule has 1 N–H and O–H groups in total. The number of rotatable bonds is 5. The molecule has 5 heteroatoms. The number of nitro groups is 1. The number of non-ortho nitro benzene ring substituents is 1. The van der Waals surface area contributed by atoms with Crippen LogP contribution in [0.1, 0.15) is 30.4 Å². The lowest BCUT2D eigenvalue weighted by atomic mass is 9.97. The van der Waals surface area contributed by atoms with Gasteiger partial charge in [-0.15, -0.1) is 0 Å². The van der Waals surface area contributed by atoms with Gasteiger partial charge >= 0.3 is 0 Å². The van der Waals surface area contributed by atoms with E-state index in [0.29, 0.717) is 17.7 Å². The second kappa shape index (κ2) is 6.85. The van der Waals surface area contributed by atoms with Gasteiger partial charge in [-0.2, -0.15) is 0 Å². The summed E-state index contributed by atoms with van der Waals surface area (Å²) in [5.74, 6) is 0.00728. The highest BCUT2D eigenvalue weighted by Crippen LogP contribution is 2.23. The van der Waals surface area contributed by atoms with Gasteiger partial charge in [0.15, 0.2) is 0 Å². The SMILES string of the molecule is Cc1cc([N+](=O)[O-])ccc1NC(=O)C[C@@H](C)c1ccccc1. The summed E-state index contributed by atoms with van der Waals surface area (Å²) < 4.78 is 0. The predicted molar refractivity (Wildman–Crippen MR) is 85.9 cm³/mol. The van der Waals surface area contributed by atoms with Crippen LogP contribution in [0.25, 0.3) is 0 Å². The average Bonchev–Trinajstić information content (AvgIpc) is 2.50. The second-order valence-electron chi connectivity index (χ2n) is 5.32. The maximum absolute atomic E-state index is 12.1. The quantitative estimate of drug-likeness (QED) is 0.669. The van der Waals surface area contributed by atoms with Gasteiger partial charge < -0.3 is 5.32 Å². The van der Waals surface area contributed by atoms with Crippen molar-refractivity contribution in [3.05, 3.63) is 69.8 Å². The third-order valence-corrected chi connectivity index (χ3v) is 3.56. The highest BCUT2D eigenvalue weighted by Gasteiger charge is 2.13. The first-order valence-electron chi connectivity index (χ1n) is 7.07. The maximum atomic E-state index is 12.1. The largest absolute Gasteiger partial charge is 0.326 e. The van der Waals surface area contributed by atoms with Crippen molar-refractivity contribution in [1.82, 2.24) is 0 Å². The van der Waals surface area contributed by atoms with Crippen molar-refractivity contribution >= 4 is 17.3 Å². The molecule has 2 aromatic rings. The zero-order chi connectivity index (χ0) is 16.1. The topological polar surface area (TPSA) is 72.2 Å². The minimum atomic E-state index is -0.448. The summed E-state index contributed by atoms with van der Waals surface area (Å²) in [4.78, 5) is 22.4. The van der Waals surface area contributed by atoms with Crippen molar-refractivity contribution in [3.63, 3.8) is 0 Å². The third kappa shape index (κ3) is 3.91. The van der Waals surface area contributed by atoms with Crippen LogP contribution in [-0.4, -0.2) is 10.8 Å². The first-order chi connectivity index (χ1) is 10.5. The van der Waals surface area contributed by atoms with Crippen LogP contribution in [0.4, 0.5) is 11.4 Å². The molecule has 114 valence electrons. The fourth-order valence-corrected chi connectivity index (χ4v) is 2.28. The molecule has 1 amide bonds. The summed E-state index contributed by atoms with van der Waals surface area (Å²) in [6.45, 7) is 3.74. The Balaban J connectivity index is 2.02. The molecule has 0 aliphatic carbocycles. The first kappa shape index (κ1) is 15.7. The van der Waals surface area contributed by atoms with Gasteiger partial charge in [0, 0.05) is 24.2 Å². The predicted octanol–water partition coefficient (Wildman–Crippen LogP) is 4.04. The van der Waals surface area contributed by atoms with E-state index in [2.05, 4.69) is 5.32 Å². The van der Waals surface area contributed by atoms with Crippen LogP contribution in [0.3, 0.4) is 0 Å². The molecule has 0 aliphatic heterocycles. The van der Waals surface area contributed by atoms with Gasteiger partial charge in [0.1, 0.15) is 0 Å². The van der Waals surface area contributed by atoms with Gasteiger partial charge in [0.05, 0.1) is 4.92 Å². The van der Waals surface area contributed by atoms with E-state index in [4.69, 9.17) is 0 Å². The van der Waals surface area contributed by atoms with Crippen LogP contribution in [0.5, 0.6) is 0 Å². The van der Waals surface area contributed by atoms with Crippen molar-refractivity contribution in [2.75, 3.05) is 5.32 Å². The van der Waals surface area contributed by atoms with Crippen molar-refractivity contribution < 1.29 is 9.72 Å². The highest BCUT2D eigenvalue weighted by molar-refractivity contribution is 5.92. The molecule has 5 nitrogen and oxygen atoms in total. The molecule has 0 bridgehead atoms. The van der Waals surface area contributed by atoms with E-state index >= 15 is 0 Å². The Morgan fingerprint density at radius 1 is 1.23 bits per heavy atom. The van der Waals surface area contributed by atoms with Crippen molar-refractivity contribution in [2.45, 2.75) is 26.2 Å². The van der Waals surface area contributed by atoms with Crippen molar-refractivity contribution in [1.29, 1.82) is 0 Å². The molecular weight excluding hydrogens is 280 g/mol. The lowest BCUT2D eigenvalue weighted by Crippen LogP contribution is -2.15. The van der Waals surface area contributed by atoms with Gasteiger partial charge in [0.25, 0.3) is 5.69 Å². The van der Waals surface area contributed by atoms with Crippen LogP contribution in [0, 0.1) is 17.0 Å². The monoisotopic (exact) mass is 298 g/mol. The Bertz CT molecular complexity index is 684. The number of carbonyl (C=O) groups is 1. The molecule has 0 heterocycles. The Hall–Kier alpha value is -2.69. The minimum absolute atomic E-state index is 0.0214. The number of anilines is 1. The number of hydrogen-bond donors (Lipinski definition) is 1. The molecule has 0 fully saturated rings. The molecular formula is C17H18N2O3. The van der Waals surface area contributed by atoms with E-state index in [0.717, 1.165) is 5.56 Å². The summed E-state index contributed by atoms with van der Waals surface area (Å²) in [6.07, 6.45) is 0.362. The van der Waals surface area contributed by atoms with Gasteiger partial charge in [-0.1, -0.05) is 37.3 Å². The number of hydrogen-bond acceptors (Lipinski definition) is 3. The van der Waals surface area contributed by atoms with Crippen LogP contribution < -0.4 is 5.32 Å². The summed E-state index contributed by atoms with van der Waals surface area (Å²) in [5.41, 5.74) is 2.41. The number of amides is 1. The van der Waals surface area contributed by atoms with E-state index in [1.807, 2.05) is 37.3 Å². The Kier molecular flexibility index (Phi) is 4.88. The van der Waals surface area contributed by atoms with E-state index in [1.54, 1.807) is 13.0 Å². The van der Waals surface area contributed by atoms with Crippen LogP contribution in [0.2, 0.25) is 0 Å². The van der Waals surface area contributed by atoms with E-state index in [-0.39, 0.29) is 17.5 Å². The second-order valence-corrected chi connectivity index (χ2v) is 5.32. The standard InChI is InChI=1S/C17H18N2O3/c1-12(14-6-4-3-5-7-14)11-17(20)18-16-9-8-15(19(21)22)10-13(16)2/h3-10,12H,11H2,1-2H3,(H,18,20)/t12-/m1/s1. The number of carbonyl (C=O) groups excluding carboxylic acids is 1. The Morgan fingerprint density at radius 2 is 1.91 bits per heavy atom. The molecule has 0 saturated carbocycles. The number of nitro benzene ring substituents is 1. The summed E-state index contributed by atoms with van der Waals surface area (Å²) in [6, 6.07) is 14.2. The molecule has 2 aromatic carbocycles. The van der Waals surface area contributed by atoms with Crippen LogP contribution in [0.15, 0.2) is 48.5 Å². The normalized spacial score (nSPS) is 11.7. The molecule has 1 atom stereocenters. The molecule has 0 aliphatic rings. The first-order valence-corrected chi connectivity index (χ1v) is 7.07. The zero-order valence-electron chi connectivity index (χ0n) is 12.6. The smallest absolute Gasteiger partial charge is 0.269 e. The Labute approximate surface area is 129 Å². The molecule has 22 heavy (non-hydrogen) atoms. The number of nitrogens with zero attached hydrogens (tertiary/aromatic N) is 1. The van der Waals surface area contributed by atoms with E-state index in [9.17, 15) is 14.9 Å². The summed E-state index contributed by atoms with van der Waals surface area (Å²) >= 11 is 0. The fourth-order valence-electron chi connectivity index (χ4n) is 2.28. The van der Waals surface area contributed by atoms with E-state index in [1.165, 1.54) is 12.1 Å². The third-order valence-electron chi connectivity index (χ3n) is 3.56. The number of aryl methyl sites for hydroxylation is 1. The van der Waals surface area contributed by atoms with Crippen LogP contribution in [-0.2, 0) is 4.79 Å².